The van der Waals surface area contributed by atoms with E-state index in [-0.39, 0.29) is 24.8 Å². The minimum absolute atomic E-state index is 0.0155. The summed E-state index contributed by atoms with van der Waals surface area (Å²) in [6.45, 7) is 3.51. The van der Waals surface area contributed by atoms with Crippen molar-refractivity contribution in [2.24, 2.45) is 5.41 Å². The average molecular weight is 877 g/mol. The molecule has 0 amide bonds. The zero-order valence-electron chi connectivity index (χ0n) is 33.9. The lowest BCUT2D eigenvalue weighted by Gasteiger charge is -2.41. The van der Waals surface area contributed by atoms with Crippen molar-refractivity contribution in [3.05, 3.63) is 119 Å². The first-order chi connectivity index (χ1) is 28.4. The number of rotatable bonds is 16. The maximum Gasteiger partial charge on any atom is 0.432 e. The van der Waals surface area contributed by atoms with Crippen LogP contribution < -0.4 is 0 Å². The molecule has 0 N–H and O–H groups in total. The predicted octanol–water partition coefficient (Wildman–Crippen LogP) is 9.58. The fraction of sp³-hybridized carbons (Fsp3) is 0.465. The molecule has 0 heterocycles. The van der Waals surface area contributed by atoms with E-state index in [1.807, 2.05) is 0 Å². The summed E-state index contributed by atoms with van der Waals surface area (Å²) in [5.74, 6) is -5.53. The minimum atomic E-state index is -5.37. The van der Waals surface area contributed by atoms with Crippen LogP contribution in [0.1, 0.15) is 63.1 Å². The number of esters is 3. The van der Waals surface area contributed by atoms with Gasteiger partial charge in [0.25, 0.3) is 16.8 Å². The summed E-state index contributed by atoms with van der Waals surface area (Å²) >= 11 is 0. The lowest BCUT2D eigenvalue weighted by molar-refractivity contribution is -0.279. The number of methoxy groups -OCH3 is 3. The predicted molar refractivity (Wildman–Crippen MR) is 199 cm³/mol. The zero-order valence-corrected chi connectivity index (χ0v) is 33.9. The SMILES string of the molecule is CO[C@@](C(=O)OCC1=C(CC[C@@H](C)OC(=O)[C@](OC)(c2ccccc2)C(F)(F)F)C(C)(C)C[C@H](OC(=O)[C@](OC)(c2ccccc2)C(F)(F)F)C1)(c1ccccc1)C(F)(F)F. The van der Waals surface area contributed by atoms with Gasteiger partial charge in [0, 0.05) is 44.4 Å². The Morgan fingerprint density at radius 3 is 1.38 bits per heavy atom. The van der Waals surface area contributed by atoms with Gasteiger partial charge in [-0.1, -0.05) is 110 Å². The molecule has 9 nitrogen and oxygen atoms in total. The van der Waals surface area contributed by atoms with Gasteiger partial charge >= 0.3 is 36.4 Å². The van der Waals surface area contributed by atoms with Crippen molar-refractivity contribution in [1.29, 1.82) is 0 Å². The van der Waals surface area contributed by atoms with Crippen molar-refractivity contribution in [2.75, 3.05) is 27.9 Å². The molecule has 0 unspecified atom stereocenters. The van der Waals surface area contributed by atoms with Crippen molar-refractivity contribution in [3.8, 4) is 0 Å². The van der Waals surface area contributed by atoms with E-state index in [4.69, 9.17) is 28.4 Å². The molecule has 0 fully saturated rings. The van der Waals surface area contributed by atoms with Gasteiger partial charge in [-0.15, -0.1) is 0 Å². The molecular weight excluding hydrogens is 831 g/mol. The van der Waals surface area contributed by atoms with E-state index in [9.17, 15) is 53.9 Å². The van der Waals surface area contributed by atoms with E-state index in [0.29, 0.717) is 26.9 Å². The average Bonchev–Trinajstić information content (AvgIpc) is 3.17. The number of halogens is 9. The summed E-state index contributed by atoms with van der Waals surface area (Å²) in [5.41, 5.74) is -13.4. The largest absolute Gasteiger partial charge is 0.460 e. The highest BCUT2D eigenvalue weighted by Gasteiger charge is 2.66. The Balaban J connectivity index is 1.72. The monoisotopic (exact) mass is 876 g/mol. The molecule has 3 aromatic rings. The van der Waals surface area contributed by atoms with E-state index >= 15 is 0 Å². The molecule has 334 valence electrons. The van der Waals surface area contributed by atoms with Gasteiger partial charge in [0.1, 0.15) is 12.7 Å². The Labute approximate surface area is 346 Å². The zero-order chi connectivity index (χ0) is 45.7. The Morgan fingerprint density at radius 2 is 1.00 bits per heavy atom. The molecule has 61 heavy (non-hydrogen) atoms. The molecule has 3 aromatic carbocycles. The number of benzene rings is 3. The number of hydrogen-bond donors (Lipinski definition) is 0. The second-order valence-corrected chi connectivity index (χ2v) is 15.0. The molecule has 0 radical (unpaired) electrons. The normalized spacial score (nSPS) is 19.4. The summed E-state index contributed by atoms with van der Waals surface area (Å²) in [6, 6.07) is 17.9. The lowest BCUT2D eigenvalue weighted by atomic mass is 9.69. The highest BCUT2D eigenvalue weighted by Crippen LogP contribution is 2.49. The summed E-state index contributed by atoms with van der Waals surface area (Å²) in [7, 11) is 2.02. The van der Waals surface area contributed by atoms with E-state index in [1.54, 1.807) is 13.8 Å². The Bertz CT molecular complexity index is 2000. The van der Waals surface area contributed by atoms with Gasteiger partial charge in [-0.3, -0.25) is 0 Å². The first-order valence-corrected chi connectivity index (χ1v) is 18.7. The van der Waals surface area contributed by atoms with Crippen LogP contribution >= 0.6 is 0 Å². The van der Waals surface area contributed by atoms with Gasteiger partial charge in [-0.05, 0) is 37.2 Å². The molecule has 0 bridgehead atoms. The third-order valence-electron chi connectivity index (χ3n) is 10.7. The maximum atomic E-state index is 14.8. The highest BCUT2D eigenvalue weighted by atomic mass is 19.4. The van der Waals surface area contributed by atoms with E-state index in [0.717, 1.165) is 36.4 Å². The van der Waals surface area contributed by atoms with Gasteiger partial charge in [0.05, 0.1) is 6.10 Å². The summed E-state index contributed by atoms with van der Waals surface area (Å²) in [6.07, 6.45) is -19.7. The number of carbonyl (C=O) groups is 3. The Kier molecular flexibility index (Phi) is 14.8. The first kappa shape index (κ1) is 48.7. The quantitative estimate of drug-likeness (QED) is 0.0602. The summed E-state index contributed by atoms with van der Waals surface area (Å²) in [5, 5.41) is 0. The molecule has 5 atom stereocenters. The van der Waals surface area contributed by atoms with Crippen LogP contribution in [0, 0.1) is 5.41 Å². The van der Waals surface area contributed by atoms with Gasteiger partial charge in [0.15, 0.2) is 0 Å². The van der Waals surface area contributed by atoms with Crippen molar-refractivity contribution >= 4 is 17.9 Å². The first-order valence-electron chi connectivity index (χ1n) is 18.7. The number of allylic oxidation sites excluding steroid dienone is 1. The second-order valence-electron chi connectivity index (χ2n) is 15.0. The van der Waals surface area contributed by atoms with Crippen LogP contribution in [0.4, 0.5) is 39.5 Å². The molecule has 0 spiro atoms. The van der Waals surface area contributed by atoms with Gasteiger partial charge in [0.2, 0.25) is 0 Å². The van der Waals surface area contributed by atoms with Crippen LogP contribution in [-0.2, 0) is 59.6 Å². The van der Waals surface area contributed by atoms with Crippen molar-refractivity contribution < 1.29 is 82.3 Å². The molecule has 1 aliphatic carbocycles. The molecule has 4 rings (SSSR count). The molecule has 0 aliphatic heterocycles. The van der Waals surface area contributed by atoms with Crippen LogP contribution in [0.3, 0.4) is 0 Å². The van der Waals surface area contributed by atoms with Gasteiger partial charge < -0.3 is 28.4 Å². The van der Waals surface area contributed by atoms with Crippen LogP contribution in [0.25, 0.3) is 0 Å². The van der Waals surface area contributed by atoms with Crippen molar-refractivity contribution in [1.82, 2.24) is 0 Å². The standard InChI is InChI=1S/C43H45F9O9/c1-27(60-35(54)39(57-5,42(47,48)49)30-18-12-8-13-19-30)22-23-33-28(26-59-34(53)38(56-4,41(44,45)46)29-16-10-7-11-17-29)24-32(25-37(33,2)3)61-36(55)40(58-6,43(50,51)52)31-20-14-9-15-21-31/h7-21,27,32H,22-26H2,1-6H3/t27-,32-,38-,39-,40-/m1/s1. The molecule has 0 saturated carbocycles. The summed E-state index contributed by atoms with van der Waals surface area (Å²) in [4.78, 5) is 40.6. The number of carbonyl (C=O) groups excluding carboxylic acids is 3. The Hall–Kier alpha value is -4.94. The van der Waals surface area contributed by atoms with E-state index < -0.39 is 101 Å². The van der Waals surface area contributed by atoms with E-state index in [1.165, 1.54) is 61.5 Å². The Morgan fingerprint density at radius 1 is 0.623 bits per heavy atom. The van der Waals surface area contributed by atoms with Gasteiger partial charge in [-0.2, -0.15) is 39.5 Å². The molecular formula is C43H45F9O9. The molecule has 0 aromatic heterocycles. The topological polar surface area (TPSA) is 107 Å². The van der Waals surface area contributed by atoms with Crippen LogP contribution in [-0.4, -0.2) is 76.6 Å². The maximum absolute atomic E-state index is 14.8. The highest BCUT2D eigenvalue weighted by molar-refractivity contribution is 5.84. The van der Waals surface area contributed by atoms with Crippen molar-refractivity contribution in [2.45, 2.75) is 94.0 Å². The minimum Gasteiger partial charge on any atom is -0.460 e. The third kappa shape index (κ3) is 9.45. The second kappa shape index (κ2) is 18.6. The summed E-state index contributed by atoms with van der Waals surface area (Å²) < 4.78 is 163. The van der Waals surface area contributed by atoms with E-state index in [2.05, 4.69) is 0 Å². The number of hydrogen-bond acceptors (Lipinski definition) is 9. The van der Waals surface area contributed by atoms with Crippen LogP contribution in [0.2, 0.25) is 0 Å². The fourth-order valence-electron chi connectivity index (χ4n) is 7.71. The number of alkyl halides is 9. The van der Waals surface area contributed by atoms with Gasteiger partial charge in [-0.25, -0.2) is 14.4 Å². The lowest BCUT2D eigenvalue weighted by Crippen LogP contribution is -2.53. The fourth-order valence-corrected chi connectivity index (χ4v) is 7.71. The number of ether oxygens (including phenoxy) is 6. The third-order valence-corrected chi connectivity index (χ3v) is 10.7. The smallest absolute Gasteiger partial charge is 0.432 e. The molecule has 18 heteroatoms. The van der Waals surface area contributed by atoms with Crippen molar-refractivity contribution in [3.63, 3.8) is 0 Å². The molecule has 1 aliphatic rings. The van der Waals surface area contributed by atoms with Crippen LogP contribution in [0.5, 0.6) is 0 Å². The molecule has 0 saturated heterocycles. The van der Waals surface area contributed by atoms with Crippen LogP contribution in [0.15, 0.2) is 102 Å².